The molecule has 0 aromatic heterocycles. The summed E-state index contributed by atoms with van der Waals surface area (Å²) < 4.78 is 68.7. The monoisotopic (exact) mass is 936 g/mol. The Hall–Kier alpha value is -3.99. The van der Waals surface area contributed by atoms with Crippen LogP contribution >= 0.6 is 23.7 Å². The molecule has 7 rings (SSSR count). The Balaban J connectivity index is 0.000000673. The highest BCUT2D eigenvalue weighted by Gasteiger charge is 2.48. The van der Waals surface area contributed by atoms with Crippen LogP contribution in [0.15, 0.2) is 117 Å². The number of alkyl halides is 3. The summed E-state index contributed by atoms with van der Waals surface area (Å²) in [6.07, 6.45) is 3.39. The second-order valence-corrected chi connectivity index (χ2v) is 21.5. The van der Waals surface area contributed by atoms with Crippen LogP contribution in [0.25, 0.3) is 5.57 Å². The van der Waals surface area contributed by atoms with E-state index in [0.717, 1.165) is 74.2 Å². The first-order valence-corrected chi connectivity index (χ1v) is 25.4. The van der Waals surface area contributed by atoms with Crippen LogP contribution in [0.3, 0.4) is 0 Å². The number of hydrogen-bond acceptors (Lipinski definition) is 10. The molecule has 2 aliphatic heterocycles. The fraction of sp³-hybridized carbons (Fsp3) is 0.449. The molecule has 0 atom stereocenters. The van der Waals surface area contributed by atoms with Crippen LogP contribution in [0.1, 0.15) is 61.5 Å². The number of anilines is 2. The van der Waals surface area contributed by atoms with Crippen LogP contribution in [0.5, 0.6) is 0 Å². The number of piperazine rings is 2. The molecule has 0 saturated carbocycles. The molecule has 346 valence electrons. The number of sulfone groups is 1. The summed E-state index contributed by atoms with van der Waals surface area (Å²) in [4.78, 5) is 23.0. The van der Waals surface area contributed by atoms with E-state index in [1.807, 2.05) is 42.5 Å². The maximum atomic E-state index is 13.7. The van der Waals surface area contributed by atoms with E-state index in [4.69, 9.17) is 0 Å². The van der Waals surface area contributed by atoms with Crippen molar-refractivity contribution in [3.05, 3.63) is 119 Å². The molecule has 0 spiro atoms. The van der Waals surface area contributed by atoms with Crippen LogP contribution in [0, 0.1) is 12.3 Å². The summed E-state index contributed by atoms with van der Waals surface area (Å²) in [6, 6.07) is 29.4. The van der Waals surface area contributed by atoms with Gasteiger partial charge in [0.15, 0.2) is 0 Å². The van der Waals surface area contributed by atoms with Crippen molar-refractivity contribution < 1.29 is 26.4 Å². The van der Waals surface area contributed by atoms with Crippen LogP contribution in [-0.4, -0.2) is 119 Å². The van der Waals surface area contributed by atoms with Crippen molar-refractivity contribution in [2.45, 2.75) is 67.2 Å². The summed E-state index contributed by atoms with van der Waals surface area (Å²) in [7, 11) is -3.47. The summed E-state index contributed by atoms with van der Waals surface area (Å²) in [6.45, 7) is 20.1. The molecular weight excluding hydrogens is 874 g/mol. The first kappa shape index (κ1) is 49.4. The number of nitrogens with one attached hydrogen (secondary N) is 2. The quantitative estimate of drug-likeness (QED) is 0.0724. The minimum atomic E-state index is -5.66. The van der Waals surface area contributed by atoms with Crippen molar-refractivity contribution >= 4 is 56.4 Å². The number of nitrogens with zero attached hydrogens (tertiary/aromatic N) is 4. The van der Waals surface area contributed by atoms with Crippen molar-refractivity contribution in [2.75, 3.05) is 95.0 Å². The standard InChI is InChI=1S/C42H47F3N4O3S3.C7H16N2/c1-30-9-11-31(12-10-30)37-19-20-41(2,3)28-33(37)29-48-22-24-49(25-23-48)34-15-13-32(14-16-34)40(50)47-54-36-17-18-38(39(27-36)55(51,52)42(43,44)45)46-21-26-53-35-7-5-4-6-8-35;1-3-9-6-4-8(2)5-7-9/h4-18,27,46H,19-26,28-29H2,1-3H3,(H,47,50);3-7H2,1-2H3. The lowest BCUT2D eigenvalue weighted by atomic mass is 9.72. The number of benzene rings is 4. The molecule has 0 unspecified atom stereocenters. The van der Waals surface area contributed by atoms with Crippen molar-refractivity contribution in [2.24, 2.45) is 5.41 Å². The van der Waals surface area contributed by atoms with E-state index in [0.29, 0.717) is 16.7 Å². The van der Waals surface area contributed by atoms with Gasteiger partial charge in [0.05, 0.1) is 5.69 Å². The molecule has 2 heterocycles. The fourth-order valence-electron chi connectivity index (χ4n) is 8.18. The molecule has 1 aliphatic carbocycles. The van der Waals surface area contributed by atoms with Gasteiger partial charge >= 0.3 is 5.51 Å². The van der Waals surface area contributed by atoms with Gasteiger partial charge in [-0.1, -0.05) is 74.4 Å². The third-order valence-corrected chi connectivity index (χ3v) is 15.5. The number of allylic oxidation sites excluding steroid dienone is 1. The van der Waals surface area contributed by atoms with Crippen molar-refractivity contribution in [1.29, 1.82) is 0 Å². The van der Waals surface area contributed by atoms with Gasteiger partial charge in [-0.3, -0.25) is 14.4 Å². The lowest BCUT2D eigenvalue weighted by molar-refractivity contribution is -0.0435. The number of carbonyl (C=O) groups is 1. The Bertz CT molecular complexity index is 2280. The Morgan fingerprint density at radius 3 is 2.11 bits per heavy atom. The van der Waals surface area contributed by atoms with E-state index >= 15 is 0 Å². The number of thioether (sulfide) groups is 1. The highest BCUT2D eigenvalue weighted by atomic mass is 32.2. The normalized spacial score (nSPS) is 17.7. The lowest BCUT2D eigenvalue weighted by Gasteiger charge is -2.39. The maximum Gasteiger partial charge on any atom is 0.501 e. The van der Waals surface area contributed by atoms with E-state index in [9.17, 15) is 26.4 Å². The minimum absolute atomic E-state index is 0.147. The van der Waals surface area contributed by atoms with Gasteiger partial charge in [0.25, 0.3) is 15.7 Å². The zero-order valence-corrected chi connectivity index (χ0v) is 40.2. The lowest BCUT2D eigenvalue weighted by Crippen LogP contribution is -2.47. The molecule has 3 aliphatic rings. The van der Waals surface area contributed by atoms with Crippen LogP contribution in [0.2, 0.25) is 0 Å². The number of carbonyl (C=O) groups excluding carboxylic acids is 1. The molecule has 0 radical (unpaired) electrons. The molecule has 4 aromatic carbocycles. The average molecular weight is 937 g/mol. The predicted octanol–water partition coefficient (Wildman–Crippen LogP) is 9.97. The fourth-order valence-corrected chi connectivity index (χ4v) is 10.7. The van der Waals surface area contributed by atoms with Crippen molar-refractivity contribution in [1.82, 2.24) is 19.4 Å². The zero-order valence-electron chi connectivity index (χ0n) is 37.7. The average Bonchev–Trinajstić information content (AvgIpc) is 3.28. The molecule has 9 nitrogen and oxygen atoms in total. The number of amides is 1. The van der Waals surface area contributed by atoms with Gasteiger partial charge in [-0.25, -0.2) is 8.42 Å². The highest BCUT2D eigenvalue weighted by Crippen LogP contribution is 2.43. The van der Waals surface area contributed by atoms with Gasteiger partial charge in [-0.15, -0.1) is 11.8 Å². The molecule has 2 saturated heterocycles. The molecule has 2 fully saturated rings. The van der Waals surface area contributed by atoms with Gasteiger partial charge in [0, 0.05) is 92.2 Å². The SMILES string of the molecule is CCN1CCN(C)CC1.Cc1ccc(C2=C(CN3CCN(c4ccc(C(=O)NSc5ccc(NCCSc6ccccc6)c(S(=O)(=O)C(F)(F)F)c5)cc4)CC3)CC(C)(C)CC2)cc1. The number of halogens is 3. The van der Waals surface area contributed by atoms with Gasteiger partial charge in [0.2, 0.25) is 0 Å². The topological polar surface area (TPSA) is 88.2 Å². The van der Waals surface area contributed by atoms with Crippen LogP contribution < -0.4 is 14.9 Å². The molecule has 1 amide bonds. The molecule has 0 bridgehead atoms. The second kappa shape index (κ2) is 22.5. The minimum Gasteiger partial charge on any atom is -0.383 e. The largest absolute Gasteiger partial charge is 0.501 e. The third kappa shape index (κ3) is 13.8. The van der Waals surface area contributed by atoms with E-state index < -0.39 is 26.1 Å². The third-order valence-electron chi connectivity index (χ3n) is 12.1. The Kier molecular flexibility index (Phi) is 17.4. The molecule has 64 heavy (non-hydrogen) atoms. The Morgan fingerprint density at radius 1 is 0.812 bits per heavy atom. The molecule has 2 N–H and O–H groups in total. The number of hydrogen-bond donors (Lipinski definition) is 2. The smallest absolute Gasteiger partial charge is 0.383 e. The maximum absolute atomic E-state index is 13.7. The molecule has 4 aromatic rings. The number of rotatable bonds is 14. The van der Waals surface area contributed by atoms with E-state index in [1.165, 1.54) is 79.7 Å². The zero-order chi connectivity index (χ0) is 45.9. The van der Waals surface area contributed by atoms with E-state index in [1.54, 1.807) is 17.7 Å². The number of likely N-dealkylation sites (N-methyl/N-ethyl adjacent to an activating group) is 2. The predicted molar refractivity (Wildman–Crippen MR) is 259 cm³/mol. The van der Waals surface area contributed by atoms with Gasteiger partial charge in [-0.05, 0) is 123 Å². The second-order valence-electron chi connectivity index (χ2n) is 17.6. The summed E-state index contributed by atoms with van der Waals surface area (Å²) in [5, 5.41) is 2.84. The van der Waals surface area contributed by atoms with Crippen molar-refractivity contribution in [3.63, 3.8) is 0 Å². The molecule has 15 heteroatoms. The van der Waals surface area contributed by atoms with Crippen LogP contribution in [-0.2, 0) is 9.84 Å². The van der Waals surface area contributed by atoms with Crippen LogP contribution in [0.4, 0.5) is 24.5 Å². The van der Waals surface area contributed by atoms with E-state index in [-0.39, 0.29) is 17.1 Å². The molecular formula is C49H63F3N6O3S3. The van der Waals surface area contributed by atoms with Gasteiger partial charge < -0.3 is 20.0 Å². The Labute approximate surface area is 387 Å². The number of aryl methyl sites for hydroxylation is 1. The highest BCUT2D eigenvalue weighted by molar-refractivity contribution is 7.99. The van der Waals surface area contributed by atoms with Crippen molar-refractivity contribution in [3.8, 4) is 0 Å². The first-order valence-electron chi connectivity index (χ1n) is 22.1. The summed E-state index contributed by atoms with van der Waals surface area (Å²) in [5.41, 5.74) is 1.69. The summed E-state index contributed by atoms with van der Waals surface area (Å²) >= 11 is 2.25. The Morgan fingerprint density at radius 2 is 1.47 bits per heavy atom. The van der Waals surface area contributed by atoms with Gasteiger partial charge in [0.1, 0.15) is 4.90 Å². The summed E-state index contributed by atoms with van der Waals surface area (Å²) in [5.74, 6) is 0.0546. The van der Waals surface area contributed by atoms with E-state index in [2.05, 4.69) is 88.6 Å². The van der Waals surface area contributed by atoms with Gasteiger partial charge in [-0.2, -0.15) is 13.2 Å². The first-order chi connectivity index (χ1) is 30.5.